The van der Waals surface area contributed by atoms with E-state index >= 15 is 0 Å². The number of hydrogen-bond donors (Lipinski definition) is 1. The summed E-state index contributed by atoms with van der Waals surface area (Å²) in [6.45, 7) is 5.71. The van der Waals surface area contributed by atoms with E-state index in [1.54, 1.807) is 0 Å². The van der Waals surface area contributed by atoms with Crippen LogP contribution in [0.1, 0.15) is 32.6 Å². The Kier molecular flexibility index (Phi) is 5.41. The summed E-state index contributed by atoms with van der Waals surface area (Å²) in [7, 11) is 0. The van der Waals surface area contributed by atoms with E-state index in [-0.39, 0.29) is 12.5 Å². The molecule has 3 heteroatoms. The predicted molar refractivity (Wildman–Crippen MR) is 58.0 cm³/mol. The van der Waals surface area contributed by atoms with Gasteiger partial charge >= 0.3 is 0 Å². The lowest BCUT2D eigenvalue weighted by molar-refractivity contribution is 0.123. The molecule has 1 aliphatic heterocycles. The van der Waals surface area contributed by atoms with Crippen molar-refractivity contribution in [3.8, 4) is 0 Å². The third kappa shape index (κ3) is 3.54. The van der Waals surface area contributed by atoms with E-state index in [9.17, 15) is 4.39 Å². The molecule has 1 unspecified atom stereocenters. The van der Waals surface area contributed by atoms with Gasteiger partial charge in [-0.25, -0.2) is 4.39 Å². The van der Waals surface area contributed by atoms with E-state index in [0.717, 1.165) is 25.9 Å². The van der Waals surface area contributed by atoms with Gasteiger partial charge in [-0.15, -0.1) is 0 Å². The third-order valence-corrected chi connectivity index (χ3v) is 3.20. The number of piperidine rings is 1. The largest absolute Gasteiger partial charge is 0.328 e. The molecule has 1 fully saturated rings. The molecule has 0 aromatic rings. The van der Waals surface area contributed by atoms with Gasteiger partial charge in [0, 0.05) is 6.54 Å². The Morgan fingerprint density at radius 2 is 2.07 bits per heavy atom. The first-order chi connectivity index (χ1) is 6.77. The van der Waals surface area contributed by atoms with Gasteiger partial charge in [0.25, 0.3) is 0 Å². The van der Waals surface area contributed by atoms with Gasteiger partial charge in [0.15, 0.2) is 0 Å². The molecule has 14 heavy (non-hydrogen) atoms. The molecule has 0 aromatic heterocycles. The minimum atomic E-state index is -0.775. The first kappa shape index (κ1) is 11.9. The van der Waals surface area contributed by atoms with Gasteiger partial charge in [-0.2, -0.15) is 0 Å². The van der Waals surface area contributed by atoms with E-state index in [1.165, 1.54) is 19.4 Å². The number of nitrogens with two attached hydrogens (primary N) is 1. The third-order valence-electron chi connectivity index (χ3n) is 3.20. The van der Waals surface area contributed by atoms with Crippen molar-refractivity contribution in [2.45, 2.75) is 38.8 Å². The highest BCUT2D eigenvalue weighted by atomic mass is 19.1. The minimum Gasteiger partial charge on any atom is -0.328 e. The molecule has 0 radical (unpaired) electrons. The number of unbranched alkanes of at least 4 members (excludes halogenated alkanes) is 1. The Morgan fingerprint density at radius 3 is 2.57 bits per heavy atom. The van der Waals surface area contributed by atoms with E-state index < -0.39 is 6.17 Å². The summed E-state index contributed by atoms with van der Waals surface area (Å²) in [6, 6.07) is 0. The summed E-state index contributed by atoms with van der Waals surface area (Å²) in [6.07, 6.45) is 3.71. The van der Waals surface area contributed by atoms with Crippen LogP contribution in [0, 0.1) is 5.92 Å². The maximum Gasteiger partial charge on any atom is 0.115 e. The molecule has 2 nitrogen and oxygen atoms in total. The average Bonchev–Trinajstić information content (AvgIpc) is 2.26. The zero-order valence-electron chi connectivity index (χ0n) is 9.21. The van der Waals surface area contributed by atoms with Crippen LogP contribution in [0.2, 0.25) is 0 Å². The molecule has 1 heterocycles. The number of nitrogens with zero attached hydrogens (tertiary/aromatic N) is 1. The number of rotatable bonds is 5. The Hall–Kier alpha value is -0.150. The van der Waals surface area contributed by atoms with Gasteiger partial charge in [0.2, 0.25) is 0 Å². The van der Waals surface area contributed by atoms with Crippen molar-refractivity contribution >= 4 is 0 Å². The summed E-state index contributed by atoms with van der Waals surface area (Å²) in [4.78, 5) is 2.45. The van der Waals surface area contributed by atoms with Crippen LogP contribution in [0.25, 0.3) is 0 Å². The van der Waals surface area contributed by atoms with Crippen LogP contribution in [-0.4, -0.2) is 37.3 Å². The standard InChI is InChI=1S/C11H23FN2/c1-2-3-6-14-7-4-10(5-8-14)11(12)9-13/h10-11H,2-9,13H2,1H3. The monoisotopic (exact) mass is 202 g/mol. The van der Waals surface area contributed by atoms with Crippen molar-refractivity contribution in [3.63, 3.8) is 0 Å². The summed E-state index contributed by atoms with van der Waals surface area (Å²) in [5, 5.41) is 0. The molecule has 0 amide bonds. The SMILES string of the molecule is CCCCN1CCC(C(F)CN)CC1. The zero-order valence-corrected chi connectivity index (χ0v) is 9.21. The molecule has 1 saturated heterocycles. The van der Waals surface area contributed by atoms with E-state index in [0.29, 0.717) is 0 Å². The average molecular weight is 202 g/mol. The fourth-order valence-corrected chi connectivity index (χ4v) is 2.11. The summed E-state index contributed by atoms with van der Waals surface area (Å²) < 4.78 is 13.3. The normalized spacial score (nSPS) is 22.5. The summed E-state index contributed by atoms with van der Waals surface area (Å²) in [5.41, 5.74) is 5.33. The molecule has 1 atom stereocenters. The van der Waals surface area contributed by atoms with E-state index in [4.69, 9.17) is 5.73 Å². The fraction of sp³-hybridized carbons (Fsp3) is 1.00. The quantitative estimate of drug-likeness (QED) is 0.736. The maximum absolute atomic E-state index is 13.3. The molecule has 0 bridgehead atoms. The minimum absolute atomic E-state index is 0.194. The summed E-state index contributed by atoms with van der Waals surface area (Å²) >= 11 is 0. The molecule has 0 saturated carbocycles. The second-order valence-electron chi connectivity index (χ2n) is 4.28. The Morgan fingerprint density at radius 1 is 1.43 bits per heavy atom. The number of hydrogen-bond acceptors (Lipinski definition) is 2. The van der Waals surface area contributed by atoms with Gasteiger partial charge < -0.3 is 10.6 Å². The fourth-order valence-electron chi connectivity index (χ4n) is 2.11. The van der Waals surface area contributed by atoms with Crippen molar-refractivity contribution in [1.29, 1.82) is 0 Å². The molecule has 1 aliphatic rings. The molecule has 0 aromatic carbocycles. The second-order valence-corrected chi connectivity index (χ2v) is 4.28. The lowest BCUT2D eigenvalue weighted by Crippen LogP contribution is -2.39. The number of alkyl halides is 1. The van der Waals surface area contributed by atoms with E-state index in [2.05, 4.69) is 11.8 Å². The van der Waals surface area contributed by atoms with Crippen molar-refractivity contribution in [2.24, 2.45) is 11.7 Å². The van der Waals surface area contributed by atoms with Crippen LogP contribution in [-0.2, 0) is 0 Å². The van der Waals surface area contributed by atoms with Gasteiger partial charge in [-0.1, -0.05) is 13.3 Å². The van der Waals surface area contributed by atoms with Crippen LogP contribution in [0.4, 0.5) is 4.39 Å². The lowest BCUT2D eigenvalue weighted by atomic mass is 9.92. The van der Waals surface area contributed by atoms with Crippen molar-refractivity contribution in [3.05, 3.63) is 0 Å². The predicted octanol–water partition coefficient (Wildman–Crippen LogP) is 1.80. The van der Waals surface area contributed by atoms with Gasteiger partial charge in [-0.3, -0.25) is 0 Å². The summed E-state index contributed by atoms with van der Waals surface area (Å²) in [5.74, 6) is 0.220. The smallest absolute Gasteiger partial charge is 0.115 e. The molecule has 2 N–H and O–H groups in total. The number of likely N-dealkylation sites (tertiary alicyclic amines) is 1. The Bertz CT molecular complexity index is 144. The van der Waals surface area contributed by atoms with Crippen LogP contribution in [0.15, 0.2) is 0 Å². The van der Waals surface area contributed by atoms with Gasteiger partial charge in [-0.05, 0) is 44.8 Å². The lowest BCUT2D eigenvalue weighted by Gasteiger charge is -2.33. The van der Waals surface area contributed by atoms with Crippen molar-refractivity contribution < 1.29 is 4.39 Å². The van der Waals surface area contributed by atoms with Gasteiger partial charge in [0.05, 0.1) is 0 Å². The van der Waals surface area contributed by atoms with Crippen LogP contribution in [0.5, 0.6) is 0 Å². The molecular weight excluding hydrogens is 179 g/mol. The molecule has 0 aliphatic carbocycles. The van der Waals surface area contributed by atoms with E-state index in [1.807, 2.05) is 0 Å². The van der Waals surface area contributed by atoms with Crippen LogP contribution >= 0.6 is 0 Å². The molecular formula is C11H23FN2. The second kappa shape index (κ2) is 6.36. The zero-order chi connectivity index (χ0) is 10.4. The first-order valence-electron chi connectivity index (χ1n) is 5.84. The highest BCUT2D eigenvalue weighted by Crippen LogP contribution is 2.22. The highest BCUT2D eigenvalue weighted by molar-refractivity contribution is 4.77. The first-order valence-corrected chi connectivity index (χ1v) is 5.84. The van der Waals surface area contributed by atoms with Crippen LogP contribution in [0.3, 0.4) is 0 Å². The van der Waals surface area contributed by atoms with Crippen molar-refractivity contribution in [2.75, 3.05) is 26.2 Å². The molecule has 0 spiro atoms. The number of halogens is 1. The topological polar surface area (TPSA) is 29.3 Å². The maximum atomic E-state index is 13.3. The van der Waals surface area contributed by atoms with Crippen molar-refractivity contribution in [1.82, 2.24) is 4.90 Å². The molecule has 84 valence electrons. The Labute approximate surface area is 86.6 Å². The highest BCUT2D eigenvalue weighted by Gasteiger charge is 2.24. The Balaban J connectivity index is 2.17. The van der Waals surface area contributed by atoms with Crippen LogP contribution < -0.4 is 5.73 Å². The molecule has 1 rings (SSSR count). The van der Waals surface area contributed by atoms with Gasteiger partial charge in [0.1, 0.15) is 6.17 Å².